The van der Waals surface area contributed by atoms with Crippen molar-refractivity contribution in [2.24, 2.45) is 0 Å². The van der Waals surface area contributed by atoms with Crippen molar-refractivity contribution in [2.75, 3.05) is 26.2 Å². The minimum absolute atomic E-state index is 0.0109. The van der Waals surface area contributed by atoms with Crippen molar-refractivity contribution in [3.05, 3.63) is 35.0 Å². The minimum atomic E-state index is -0.570. The second kappa shape index (κ2) is 5.44. The smallest absolute Gasteiger partial charge is 0.217 e. The zero-order chi connectivity index (χ0) is 15.0. The van der Waals surface area contributed by atoms with Gasteiger partial charge in [0.1, 0.15) is 5.58 Å². The zero-order valence-corrected chi connectivity index (χ0v) is 13.0. The van der Waals surface area contributed by atoms with Crippen LogP contribution in [0.5, 0.6) is 0 Å². The maximum absolute atomic E-state index is 12.8. The Labute approximate surface area is 129 Å². The number of furan rings is 1. The van der Waals surface area contributed by atoms with Gasteiger partial charge in [0, 0.05) is 36.6 Å². The molecule has 0 amide bonds. The van der Waals surface area contributed by atoms with Crippen molar-refractivity contribution >= 4 is 28.4 Å². The molecule has 1 fully saturated rings. The highest BCUT2D eigenvalue weighted by Gasteiger charge is 2.37. The van der Waals surface area contributed by atoms with Crippen LogP contribution in [0.4, 0.5) is 0 Å². The van der Waals surface area contributed by atoms with E-state index in [9.17, 15) is 4.79 Å². The van der Waals surface area contributed by atoms with Crippen LogP contribution >= 0.6 is 11.6 Å². The molecule has 0 radical (unpaired) electrons. The second-order valence-corrected chi connectivity index (χ2v) is 6.35. The topological polar surface area (TPSA) is 45.5 Å². The van der Waals surface area contributed by atoms with Crippen LogP contribution in [0.1, 0.15) is 24.4 Å². The fraction of sp³-hybridized carbons (Fsp3) is 0.438. The van der Waals surface area contributed by atoms with E-state index in [1.807, 2.05) is 19.9 Å². The highest BCUT2D eigenvalue weighted by atomic mass is 35.5. The van der Waals surface area contributed by atoms with Crippen LogP contribution in [-0.4, -0.2) is 42.4 Å². The zero-order valence-electron chi connectivity index (χ0n) is 12.3. The van der Waals surface area contributed by atoms with Gasteiger partial charge in [-0.15, -0.1) is 0 Å². The van der Waals surface area contributed by atoms with Gasteiger partial charge in [0.25, 0.3) is 0 Å². The molecule has 1 aliphatic rings. The molecule has 1 saturated heterocycles. The van der Waals surface area contributed by atoms with Crippen LogP contribution < -0.4 is 5.32 Å². The first-order valence-electron chi connectivity index (χ1n) is 7.18. The van der Waals surface area contributed by atoms with Gasteiger partial charge < -0.3 is 9.73 Å². The first-order valence-corrected chi connectivity index (χ1v) is 7.56. The molecule has 1 N–H and O–H groups in total. The number of carbonyl (C=O) groups excluding carboxylic acids is 1. The van der Waals surface area contributed by atoms with Crippen molar-refractivity contribution in [3.63, 3.8) is 0 Å². The third-order valence-electron chi connectivity index (χ3n) is 4.17. The van der Waals surface area contributed by atoms with E-state index >= 15 is 0 Å². The quantitative estimate of drug-likeness (QED) is 0.886. The Morgan fingerprint density at radius 3 is 2.71 bits per heavy atom. The van der Waals surface area contributed by atoms with E-state index in [2.05, 4.69) is 10.2 Å². The number of benzene rings is 1. The number of hydrogen-bond acceptors (Lipinski definition) is 4. The molecule has 21 heavy (non-hydrogen) atoms. The van der Waals surface area contributed by atoms with E-state index in [0.29, 0.717) is 16.4 Å². The second-order valence-electron chi connectivity index (χ2n) is 5.92. The Hall–Kier alpha value is -1.36. The van der Waals surface area contributed by atoms with E-state index in [0.717, 1.165) is 31.6 Å². The van der Waals surface area contributed by atoms with Crippen LogP contribution in [0.15, 0.2) is 28.7 Å². The summed E-state index contributed by atoms with van der Waals surface area (Å²) in [6.45, 7) is 7.47. The average Bonchev–Trinajstić information content (AvgIpc) is 2.90. The number of rotatable bonds is 3. The van der Waals surface area contributed by atoms with E-state index < -0.39 is 5.54 Å². The summed E-state index contributed by atoms with van der Waals surface area (Å²) < 4.78 is 5.71. The first-order chi connectivity index (χ1) is 9.98. The normalized spacial score (nSPS) is 17.3. The predicted octanol–water partition coefficient (Wildman–Crippen LogP) is 2.95. The van der Waals surface area contributed by atoms with E-state index in [4.69, 9.17) is 16.0 Å². The van der Waals surface area contributed by atoms with E-state index in [1.165, 1.54) is 0 Å². The molecular formula is C16H19ClN2O2. The molecule has 0 spiro atoms. The fourth-order valence-electron chi connectivity index (χ4n) is 2.80. The van der Waals surface area contributed by atoms with Gasteiger partial charge in [0.15, 0.2) is 5.76 Å². The molecule has 3 rings (SSSR count). The summed E-state index contributed by atoms with van der Waals surface area (Å²) in [5.74, 6) is 0.410. The van der Waals surface area contributed by atoms with Crippen LogP contribution in [0.25, 0.3) is 11.0 Å². The average molecular weight is 307 g/mol. The van der Waals surface area contributed by atoms with Gasteiger partial charge in [-0.2, -0.15) is 0 Å². The van der Waals surface area contributed by atoms with Crippen LogP contribution in [0.2, 0.25) is 5.02 Å². The van der Waals surface area contributed by atoms with Gasteiger partial charge in [-0.05, 0) is 38.1 Å². The van der Waals surface area contributed by atoms with Crippen molar-refractivity contribution in [2.45, 2.75) is 19.4 Å². The van der Waals surface area contributed by atoms with Gasteiger partial charge in [-0.25, -0.2) is 0 Å². The largest absolute Gasteiger partial charge is 0.453 e. The summed E-state index contributed by atoms with van der Waals surface area (Å²) in [6.07, 6.45) is 0. The summed E-state index contributed by atoms with van der Waals surface area (Å²) >= 11 is 5.98. The highest BCUT2D eigenvalue weighted by Crippen LogP contribution is 2.27. The number of Topliss-reactive ketones (excluding diaryl/α,β-unsaturated/α-hetero) is 1. The Balaban J connectivity index is 1.91. The summed E-state index contributed by atoms with van der Waals surface area (Å²) in [5, 5.41) is 4.81. The molecule has 0 saturated carbocycles. The molecule has 5 heteroatoms. The summed E-state index contributed by atoms with van der Waals surface area (Å²) in [7, 11) is 0. The molecule has 2 aromatic rings. The first kappa shape index (κ1) is 14.6. The summed E-state index contributed by atoms with van der Waals surface area (Å²) in [4.78, 5) is 15.0. The molecule has 0 aliphatic carbocycles. The molecule has 0 bridgehead atoms. The molecule has 0 unspecified atom stereocenters. The standard InChI is InChI=1S/C16H19ClN2O2/c1-16(2,19-7-5-18-6-8-19)15(20)14-10-11-9-12(17)3-4-13(11)21-14/h3-4,9-10,18H,5-8H2,1-2H3. The number of nitrogens with one attached hydrogen (secondary N) is 1. The number of halogens is 1. The Morgan fingerprint density at radius 2 is 2.00 bits per heavy atom. The lowest BCUT2D eigenvalue weighted by Crippen LogP contribution is -2.57. The van der Waals surface area contributed by atoms with Crippen molar-refractivity contribution in [1.82, 2.24) is 10.2 Å². The molecule has 1 aliphatic heterocycles. The van der Waals surface area contributed by atoms with Crippen LogP contribution in [0.3, 0.4) is 0 Å². The number of piperazine rings is 1. The third kappa shape index (κ3) is 2.71. The number of ketones is 1. The van der Waals surface area contributed by atoms with Gasteiger partial charge in [-0.1, -0.05) is 11.6 Å². The minimum Gasteiger partial charge on any atom is -0.453 e. The van der Waals surface area contributed by atoms with Crippen LogP contribution in [0, 0.1) is 0 Å². The lowest BCUT2D eigenvalue weighted by Gasteiger charge is -2.39. The lowest BCUT2D eigenvalue weighted by atomic mass is 9.94. The van der Waals surface area contributed by atoms with Crippen molar-refractivity contribution in [3.8, 4) is 0 Å². The Bertz CT molecular complexity index is 672. The molecular weight excluding hydrogens is 288 g/mol. The van der Waals surface area contributed by atoms with E-state index in [-0.39, 0.29) is 5.78 Å². The number of nitrogens with zero attached hydrogens (tertiary/aromatic N) is 1. The van der Waals surface area contributed by atoms with Crippen molar-refractivity contribution < 1.29 is 9.21 Å². The highest BCUT2D eigenvalue weighted by molar-refractivity contribution is 6.31. The SMILES string of the molecule is CC(C)(C(=O)c1cc2cc(Cl)ccc2o1)N1CCNCC1. The lowest BCUT2D eigenvalue weighted by molar-refractivity contribution is 0.0576. The van der Waals surface area contributed by atoms with Gasteiger partial charge in [-0.3, -0.25) is 9.69 Å². The number of fused-ring (bicyclic) bond motifs is 1. The summed E-state index contributed by atoms with van der Waals surface area (Å²) in [5.41, 5.74) is 0.124. The maximum atomic E-state index is 12.8. The Morgan fingerprint density at radius 1 is 1.29 bits per heavy atom. The third-order valence-corrected chi connectivity index (χ3v) is 4.40. The number of hydrogen-bond donors (Lipinski definition) is 1. The maximum Gasteiger partial charge on any atom is 0.217 e. The molecule has 2 heterocycles. The molecule has 112 valence electrons. The molecule has 0 atom stereocenters. The van der Waals surface area contributed by atoms with Gasteiger partial charge in [0.05, 0.1) is 5.54 Å². The van der Waals surface area contributed by atoms with Crippen LogP contribution in [-0.2, 0) is 0 Å². The van der Waals surface area contributed by atoms with Crippen molar-refractivity contribution in [1.29, 1.82) is 0 Å². The predicted molar refractivity (Wildman–Crippen MR) is 84.1 cm³/mol. The molecule has 1 aromatic heterocycles. The fourth-order valence-corrected chi connectivity index (χ4v) is 2.98. The monoisotopic (exact) mass is 306 g/mol. The Kier molecular flexibility index (Phi) is 3.78. The molecule has 4 nitrogen and oxygen atoms in total. The number of carbonyl (C=O) groups is 1. The van der Waals surface area contributed by atoms with Gasteiger partial charge >= 0.3 is 0 Å². The van der Waals surface area contributed by atoms with E-state index in [1.54, 1.807) is 18.2 Å². The molecule has 1 aromatic carbocycles. The van der Waals surface area contributed by atoms with Gasteiger partial charge in [0.2, 0.25) is 5.78 Å². The summed E-state index contributed by atoms with van der Waals surface area (Å²) in [6, 6.07) is 7.16.